The van der Waals surface area contributed by atoms with Crippen LogP contribution < -0.4 is 10.6 Å². The third-order valence-electron chi connectivity index (χ3n) is 6.08. The lowest BCUT2D eigenvalue weighted by atomic mass is 9.98. The first kappa shape index (κ1) is 23.0. The molecule has 176 valence electrons. The van der Waals surface area contributed by atoms with Crippen LogP contribution in [0.1, 0.15) is 47.8 Å². The van der Waals surface area contributed by atoms with Crippen LogP contribution in [0.15, 0.2) is 59.1 Å². The topological polar surface area (TPSA) is 131 Å². The summed E-state index contributed by atoms with van der Waals surface area (Å²) in [5.74, 6) is -2.30. The van der Waals surface area contributed by atoms with Gasteiger partial charge in [0.1, 0.15) is 12.6 Å². The molecule has 2 unspecified atom stereocenters. The quantitative estimate of drug-likeness (QED) is 0.455. The maximum absolute atomic E-state index is 12.4. The minimum atomic E-state index is -1.14. The molecule has 34 heavy (non-hydrogen) atoms. The van der Waals surface area contributed by atoms with Gasteiger partial charge in [-0.25, -0.2) is 9.59 Å². The van der Waals surface area contributed by atoms with Gasteiger partial charge < -0.3 is 19.7 Å². The van der Waals surface area contributed by atoms with Crippen molar-refractivity contribution in [2.75, 3.05) is 11.9 Å². The molecule has 3 N–H and O–H groups in total. The molecule has 0 spiro atoms. The second kappa shape index (κ2) is 9.78. The van der Waals surface area contributed by atoms with E-state index < -0.39 is 24.0 Å². The van der Waals surface area contributed by atoms with E-state index in [1.54, 1.807) is 6.92 Å². The highest BCUT2D eigenvalue weighted by molar-refractivity contribution is 5.96. The molecule has 2 atom stereocenters. The number of ether oxygens (including phenoxy) is 1. The van der Waals surface area contributed by atoms with Crippen LogP contribution in [0.2, 0.25) is 0 Å². The van der Waals surface area contributed by atoms with Crippen LogP contribution >= 0.6 is 0 Å². The predicted octanol–water partition coefficient (Wildman–Crippen LogP) is 4.26. The van der Waals surface area contributed by atoms with Gasteiger partial charge in [0.05, 0.1) is 0 Å². The summed E-state index contributed by atoms with van der Waals surface area (Å²) in [5.41, 5.74) is 4.27. The first-order chi connectivity index (χ1) is 16.4. The minimum absolute atomic E-state index is 0.0854. The Morgan fingerprint density at radius 3 is 2.29 bits per heavy atom. The number of amides is 2. The van der Waals surface area contributed by atoms with Crippen molar-refractivity contribution >= 4 is 23.9 Å². The number of aromatic nitrogens is 1. The number of carboxylic acids is 1. The Hall–Kier alpha value is -4.14. The summed E-state index contributed by atoms with van der Waals surface area (Å²) in [7, 11) is 0. The van der Waals surface area contributed by atoms with E-state index in [1.807, 2.05) is 55.5 Å². The molecule has 9 nitrogen and oxygen atoms in total. The van der Waals surface area contributed by atoms with Gasteiger partial charge in [-0.2, -0.15) is 0 Å². The molecule has 3 aromatic rings. The fourth-order valence-corrected chi connectivity index (χ4v) is 4.07. The number of aliphatic carboxylic acids is 1. The average Bonchev–Trinajstić information content (AvgIpc) is 3.43. The molecule has 0 radical (unpaired) electrons. The molecule has 2 amide bonds. The van der Waals surface area contributed by atoms with E-state index >= 15 is 0 Å². The van der Waals surface area contributed by atoms with Crippen LogP contribution in [0.3, 0.4) is 0 Å². The summed E-state index contributed by atoms with van der Waals surface area (Å²) in [4.78, 5) is 36.2. The fourth-order valence-electron chi connectivity index (χ4n) is 4.07. The highest BCUT2D eigenvalue weighted by atomic mass is 16.6. The van der Waals surface area contributed by atoms with Gasteiger partial charge in [-0.3, -0.25) is 10.1 Å². The minimum Gasteiger partial charge on any atom is -0.480 e. The Morgan fingerprint density at radius 1 is 1.09 bits per heavy atom. The van der Waals surface area contributed by atoms with Crippen molar-refractivity contribution in [3.63, 3.8) is 0 Å². The molecule has 1 aliphatic carbocycles. The molecule has 0 saturated heterocycles. The monoisotopic (exact) mass is 463 g/mol. The largest absolute Gasteiger partial charge is 0.480 e. The number of carbonyl (C=O) groups is 3. The molecular formula is C25H25N3O6. The predicted molar refractivity (Wildman–Crippen MR) is 124 cm³/mol. The molecule has 0 saturated carbocycles. The van der Waals surface area contributed by atoms with Crippen molar-refractivity contribution in [1.82, 2.24) is 10.5 Å². The standard InChI is InChI=1S/C25H25N3O6/c1-3-14(2)22(24(30)31)27-23(29)20-12-21(34-28-20)26-25(32)33-13-19-17-10-6-4-8-15(17)16-9-5-7-11-18(16)19/h4-12,14,19,22H,3,13H2,1-2H3,(H,26,32)(H,27,29)(H,30,31). The average molecular weight is 463 g/mol. The van der Waals surface area contributed by atoms with Crippen LogP contribution in [0.5, 0.6) is 0 Å². The zero-order valence-electron chi connectivity index (χ0n) is 18.8. The maximum atomic E-state index is 12.4. The van der Waals surface area contributed by atoms with Crippen molar-refractivity contribution in [1.29, 1.82) is 0 Å². The Labute approximate surface area is 196 Å². The zero-order valence-corrected chi connectivity index (χ0v) is 18.8. The van der Waals surface area contributed by atoms with Gasteiger partial charge >= 0.3 is 12.1 Å². The van der Waals surface area contributed by atoms with E-state index in [4.69, 9.17) is 9.26 Å². The van der Waals surface area contributed by atoms with Crippen LogP contribution in [0.4, 0.5) is 10.7 Å². The molecule has 1 aliphatic rings. The number of carbonyl (C=O) groups excluding carboxylic acids is 2. The van der Waals surface area contributed by atoms with E-state index in [-0.39, 0.29) is 30.0 Å². The molecule has 9 heteroatoms. The Kier molecular flexibility index (Phi) is 6.62. The Morgan fingerprint density at radius 2 is 1.71 bits per heavy atom. The highest BCUT2D eigenvalue weighted by Crippen LogP contribution is 2.44. The van der Waals surface area contributed by atoms with Gasteiger partial charge in [0.25, 0.3) is 5.91 Å². The third-order valence-corrected chi connectivity index (χ3v) is 6.08. The Bertz CT molecular complexity index is 1180. The smallest absolute Gasteiger partial charge is 0.414 e. The summed E-state index contributed by atoms with van der Waals surface area (Å²) < 4.78 is 10.4. The van der Waals surface area contributed by atoms with Crippen LogP contribution in [0.25, 0.3) is 11.1 Å². The van der Waals surface area contributed by atoms with Crippen LogP contribution in [-0.2, 0) is 9.53 Å². The number of hydrogen-bond acceptors (Lipinski definition) is 6. The SMILES string of the molecule is CCC(C)C(NC(=O)c1cc(NC(=O)OCC2c3ccccc3-c3ccccc32)on1)C(=O)O. The van der Waals surface area contributed by atoms with Gasteiger partial charge in [0.15, 0.2) is 5.69 Å². The molecule has 1 aromatic heterocycles. The number of nitrogens with one attached hydrogen (secondary N) is 2. The summed E-state index contributed by atoms with van der Waals surface area (Å²) in [6.07, 6.45) is -0.182. The molecule has 1 heterocycles. The number of hydrogen-bond donors (Lipinski definition) is 3. The number of nitrogens with zero attached hydrogens (tertiary/aromatic N) is 1. The summed E-state index contributed by atoms with van der Waals surface area (Å²) in [6.45, 7) is 3.68. The first-order valence-electron chi connectivity index (χ1n) is 11.0. The van der Waals surface area contributed by atoms with E-state index in [2.05, 4.69) is 15.8 Å². The van der Waals surface area contributed by atoms with E-state index in [9.17, 15) is 19.5 Å². The highest BCUT2D eigenvalue weighted by Gasteiger charge is 2.30. The van der Waals surface area contributed by atoms with Crippen molar-refractivity contribution < 1.29 is 28.8 Å². The van der Waals surface area contributed by atoms with Gasteiger partial charge in [0.2, 0.25) is 5.88 Å². The fraction of sp³-hybridized carbons (Fsp3) is 0.280. The van der Waals surface area contributed by atoms with Gasteiger partial charge in [-0.1, -0.05) is 74.0 Å². The molecule has 0 fully saturated rings. The number of benzene rings is 2. The molecule has 4 rings (SSSR count). The summed E-state index contributed by atoms with van der Waals surface area (Å²) >= 11 is 0. The van der Waals surface area contributed by atoms with Gasteiger partial charge in [-0.05, 0) is 28.2 Å². The number of anilines is 1. The van der Waals surface area contributed by atoms with Crippen molar-refractivity contribution in [3.8, 4) is 11.1 Å². The lowest BCUT2D eigenvalue weighted by Crippen LogP contribution is -2.45. The lowest BCUT2D eigenvalue weighted by molar-refractivity contribution is -0.140. The third kappa shape index (κ3) is 4.63. The summed E-state index contributed by atoms with van der Waals surface area (Å²) in [6, 6.07) is 16.1. The van der Waals surface area contributed by atoms with Crippen molar-refractivity contribution in [2.45, 2.75) is 32.2 Å². The zero-order chi connectivity index (χ0) is 24.2. The second-order valence-corrected chi connectivity index (χ2v) is 8.20. The van der Waals surface area contributed by atoms with Gasteiger partial charge in [0, 0.05) is 12.0 Å². The van der Waals surface area contributed by atoms with E-state index in [0.29, 0.717) is 6.42 Å². The number of rotatable bonds is 8. The van der Waals surface area contributed by atoms with Crippen molar-refractivity contribution in [3.05, 3.63) is 71.4 Å². The first-order valence-corrected chi connectivity index (χ1v) is 11.0. The molecule has 2 aromatic carbocycles. The Balaban J connectivity index is 1.37. The summed E-state index contributed by atoms with van der Waals surface area (Å²) in [5, 5.41) is 17.8. The van der Waals surface area contributed by atoms with Crippen LogP contribution in [-0.4, -0.2) is 40.9 Å². The van der Waals surface area contributed by atoms with E-state index in [1.165, 1.54) is 6.07 Å². The van der Waals surface area contributed by atoms with Gasteiger partial charge in [-0.15, -0.1) is 0 Å². The normalized spacial score (nSPS) is 13.9. The molecule has 0 bridgehead atoms. The van der Waals surface area contributed by atoms with Crippen LogP contribution in [0, 0.1) is 5.92 Å². The number of carboxylic acid groups (broad SMARTS) is 1. The van der Waals surface area contributed by atoms with E-state index in [0.717, 1.165) is 22.3 Å². The maximum Gasteiger partial charge on any atom is 0.414 e. The second-order valence-electron chi connectivity index (χ2n) is 8.20. The molecular weight excluding hydrogens is 438 g/mol. The molecule has 0 aliphatic heterocycles. The lowest BCUT2D eigenvalue weighted by Gasteiger charge is -2.19. The number of fused-ring (bicyclic) bond motifs is 3. The van der Waals surface area contributed by atoms with Crippen molar-refractivity contribution in [2.24, 2.45) is 5.92 Å².